The number of primary amides is 1. The molecule has 2 N–H and O–H groups in total. The number of halogens is 3. The summed E-state index contributed by atoms with van der Waals surface area (Å²) < 4.78 is 18.3. The zero-order valence-corrected chi connectivity index (χ0v) is 14.1. The predicted molar refractivity (Wildman–Crippen MR) is 85.2 cm³/mol. The number of piperidine rings is 1. The summed E-state index contributed by atoms with van der Waals surface area (Å²) in [4.78, 5) is 36.6. The molecule has 9 heteroatoms. The minimum Gasteiger partial charge on any atom is -0.452 e. The van der Waals surface area contributed by atoms with E-state index in [0.717, 1.165) is 12.1 Å². The highest BCUT2D eigenvalue weighted by Crippen LogP contribution is 2.25. The van der Waals surface area contributed by atoms with E-state index < -0.39 is 36.1 Å². The van der Waals surface area contributed by atoms with E-state index in [1.54, 1.807) is 0 Å². The lowest BCUT2D eigenvalue weighted by Crippen LogP contribution is -2.45. The van der Waals surface area contributed by atoms with Crippen molar-refractivity contribution < 1.29 is 23.5 Å². The molecule has 1 aliphatic heterocycles. The molecule has 2 rings (SSSR count). The Kier molecular flexibility index (Phi) is 6.01. The Morgan fingerprint density at radius 2 is 2.00 bits per heavy atom. The average molecular weight is 377 g/mol. The molecule has 1 atom stereocenters. The van der Waals surface area contributed by atoms with Gasteiger partial charge in [0.25, 0.3) is 5.91 Å². The Balaban J connectivity index is 1.95. The molecule has 1 aromatic rings. The molecule has 0 aromatic heterocycles. The Morgan fingerprint density at radius 1 is 1.29 bits per heavy atom. The number of rotatable bonds is 4. The normalized spacial score (nSPS) is 17.5. The van der Waals surface area contributed by atoms with Gasteiger partial charge in [-0.25, -0.2) is 9.18 Å². The van der Waals surface area contributed by atoms with Crippen molar-refractivity contribution in [2.75, 3.05) is 19.7 Å². The van der Waals surface area contributed by atoms with Gasteiger partial charge in [-0.05, 0) is 25.0 Å². The predicted octanol–water partition coefficient (Wildman–Crippen LogP) is 2.01. The molecule has 0 spiro atoms. The van der Waals surface area contributed by atoms with E-state index in [1.165, 1.54) is 4.90 Å². The van der Waals surface area contributed by atoms with Crippen LogP contribution in [0.15, 0.2) is 12.1 Å². The van der Waals surface area contributed by atoms with E-state index in [2.05, 4.69) is 0 Å². The number of ether oxygens (including phenoxy) is 1. The number of carbonyl (C=O) groups is 3. The molecule has 0 radical (unpaired) electrons. The molecule has 0 aliphatic carbocycles. The van der Waals surface area contributed by atoms with Gasteiger partial charge in [0.2, 0.25) is 5.91 Å². The van der Waals surface area contributed by atoms with Crippen LogP contribution >= 0.6 is 23.2 Å². The first kappa shape index (κ1) is 18.5. The smallest absolute Gasteiger partial charge is 0.340 e. The molecule has 0 unspecified atom stereocenters. The van der Waals surface area contributed by atoms with Crippen molar-refractivity contribution in [3.8, 4) is 0 Å². The number of amides is 2. The summed E-state index contributed by atoms with van der Waals surface area (Å²) in [7, 11) is 0. The van der Waals surface area contributed by atoms with E-state index in [4.69, 9.17) is 33.7 Å². The highest BCUT2D eigenvalue weighted by atomic mass is 35.5. The van der Waals surface area contributed by atoms with E-state index in [0.29, 0.717) is 19.4 Å². The van der Waals surface area contributed by atoms with Gasteiger partial charge >= 0.3 is 5.97 Å². The standard InChI is InChI=1S/C15H15Cl2FN2O4/c16-10-5-11(17)12(18)4-9(10)15(23)24-7-13(21)20-3-1-2-8(6-20)14(19)22/h4-5,8H,1-3,6-7H2,(H2,19,22)/t8-/m1/s1. The summed E-state index contributed by atoms with van der Waals surface area (Å²) >= 11 is 11.4. The molecule has 130 valence electrons. The molecule has 0 saturated carbocycles. The third kappa shape index (κ3) is 4.36. The van der Waals surface area contributed by atoms with E-state index in [9.17, 15) is 18.8 Å². The maximum Gasteiger partial charge on any atom is 0.340 e. The minimum atomic E-state index is -0.938. The summed E-state index contributed by atoms with van der Waals surface area (Å²) in [5, 5.41) is -0.302. The van der Waals surface area contributed by atoms with Crippen LogP contribution in [0.1, 0.15) is 23.2 Å². The highest BCUT2D eigenvalue weighted by Gasteiger charge is 2.27. The highest BCUT2D eigenvalue weighted by molar-refractivity contribution is 6.36. The van der Waals surface area contributed by atoms with Crippen molar-refractivity contribution in [3.05, 3.63) is 33.6 Å². The molecular formula is C15H15Cl2FN2O4. The first-order valence-corrected chi connectivity index (χ1v) is 7.94. The van der Waals surface area contributed by atoms with Crippen molar-refractivity contribution in [1.29, 1.82) is 0 Å². The molecule has 1 saturated heterocycles. The van der Waals surface area contributed by atoms with Gasteiger partial charge in [0.15, 0.2) is 6.61 Å². The number of carbonyl (C=O) groups excluding carboxylic acids is 3. The van der Waals surface area contributed by atoms with Gasteiger partial charge in [0.1, 0.15) is 5.82 Å². The lowest BCUT2D eigenvalue weighted by molar-refractivity contribution is -0.137. The molecule has 0 bridgehead atoms. The second kappa shape index (κ2) is 7.81. The maximum absolute atomic E-state index is 13.4. The average Bonchev–Trinajstić information content (AvgIpc) is 2.55. The van der Waals surface area contributed by atoms with Gasteiger partial charge in [-0.2, -0.15) is 0 Å². The largest absolute Gasteiger partial charge is 0.452 e. The Labute approximate surface area is 147 Å². The first-order valence-electron chi connectivity index (χ1n) is 7.18. The minimum absolute atomic E-state index is 0.0781. The van der Waals surface area contributed by atoms with Crippen LogP contribution in [0.25, 0.3) is 0 Å². The molecule has 1 fully saturated rings. The van der Waals surface area contributed by atoms with Crippen LogP contribution in [0.3, 0.4) is 0 Å². The zero-order valence-electron chi connectivity index (χ0n) is 12.6. The van der Waals surface area contributed by atoms with Gasteiger partial charge in [-0.1, -0.05) is 23.2 Å². The number of likely N-dealkylation sites (tertiary alicyclic amines) is 1. The van der Waals surface area contributed by atoms with Crippen LogP contribution in [0.4, 0.5) is 4.39 Å². The molecule has 1 heterocycles. The number of hydrogen-bond acceptors (Lipinski definition) is 4. The number of esters is 1. The van der Waals surface area contributed by atoms with Gasteiger partial charge in [0, 0.05) is 13.1 Å². The van der Waals surface area contributed by atoms with Crippen LogP contribution < -0.4 is 5.73 Å². The van der Waals surface area contributed by atoms with Crippen molar-refractivity contribution in [3.63, 3.8) is 0 Å². The topological polar surface area (TPSA) is 89.7 Å². The van der Waals surface area contributed by atoms with Crippen molar-refractivity contribution in [2.45, 2.75) is 12.8 Å². The van der Waals surface area contributed by atoms with Gasteiger partial charge < -0.3 is 15.4 Å². The lowest BCUT2D eigenvalue weighted by Gasteiger charge is -2.31. The van der Waals surface area contributed by atoms with Crippen LogP contribution in [0.2, 0.25) is 10.0 Å². The molecule has 1 aliphatic rings. The van der Waals surface area contributed by atoms with Crippen LogP contribution in [-0.2, 0) is 14.3 Å². The molecular weight excluding hydrogens is 362 g/mol. The molecule has 6 nitrogen and oxygen atoms in total. The van der Waals surface area contributed by atoms with Crippen molar-refractivity contribution >= 4 is 41.0 Å². The Hall–Kier alpha value is -1.86. The second-order valence-electron chi connectivity index (χ2n) is 5.40. The zero-order chi connectivity index (χ0) is 17.9. The van der Waals surface area contributed by atoms with E-state index in [-0.39, 0.29) is 22.2 Å². The quantitative estimate of drug-likeness (QED) is 0.642. The third-order valence-corrected chi connectivity index (χ3v) is 4.34. The second-order valence-corrected chi connectivity index (χ2v) is 6.22. The number of nitrogens with zero attached hydrogens (tertiary/aromatic N) is 1. The SMILES string of the molecule is NC(=O)[C@@H]1CCCN(C(=O)COC(=O)c2cc(F)c(Cl)cc2Cl)C1. The summed E-state index contributed by atoms with van der Waals surface area (Å²) in [6.45, 7) is 0.115. The fourth-order valence-corrected chi connectivity index (χ4v) is 2.87. The maximum atomic E-state index is 13.4. The fourth-order valence-electron chi connectivity index (χ4n) is 2.41. The van der Waals surface area contributed by atoms with Crippen LogP contribution in [0, 0.1) is 11.7 Å². The van der Waals surface area contributed by atoms with E-state index in [1.807, 2.05) is 0 Å². The first-order chi connectivity index (χ1) is 11.3. The van der Waals surface area contributed by atoms with Crippen LogP contribution in [0.5, 0.6) is 0 Å². The lowest BCUT2D eigenvalue weighted by atomic mass is 9.97. The summed E-state index contributed by atoms with van der Waals surface area (Å²) in [5.74, 6) is -3.09. The van der Waals surface area contributed by atoms with Gasteiger partial charge in [-0.15, -0.1) is 0 Å². The number of nitrogens with two attached hydrogens (primary N) is 1. The monoisotopic (exact) mass is 376 g/mol. The van der Waals surface area contributed by atoms with Crippen molar-refractivity contribution in [1.82, 2.24) is 4.90 Å². The summed E-state index contributed by atoms with van der Waals surface area (Å²) in [6, 6.07) is 1.93. The summed E-state index contributed by atoms with van der Waals surface area (Å²) in [5.41, 5.74) is 5.03. The molecule has 2 amide bonds. The Bertz CT molecular complexity index is 684. The fraction of sp³-hybridized carbons (Fsp3) is 0.400. The number of benzene rings is 1. The van der Waals surface area contributed by atoms with Crippen molar-refractivity contribution in [2.24, 2.45) is 11.7 Å². The summed E-state index contributed by atoms with van der Waals surface area (Å²) in [6.07, 6.45) is 1.26. The van der Waals surface area contributed by atoms with Gasteiger partial charge in [-0.3, -0.25) is 9.59 Å². The third-order valence-electron chi connectivity index (χ3n) is 3.73. The number of hydrogen-bond donors (Lipinski definition) is 1. The Morgan fingerprint density at radius 3 is 2.67 bits per heavy atom. The molecule has 24 heavy (non-hydrogen) atoms. The van der Waals surface area contributed by atoms with E-state index >= 15 is 0 Å². The van der Waals surface area contributed by atoms with Gasteiger partial charge in [0.05, 0.1) is 21.5 Å². The van der Waals surface area contributed by atoms with Crippen LogP contribution in [-0.4, -0.2) is 42.4 Å². The molecule has 1 aromatic carbocycles.